The zero-order chi connectivity index (χ0) is 29.9. The maximum absolute atomic E-state index is 4.05. The lowest BCUT2D eigenvalue weighted by atomic mass is 9.92. The van der Waals surface area contributed by atoms with Gasteiger partial charge in [-0.2, -0.15) is 0 Å². The molecule has 44 heavy (non-hydrogen) atoms. The summed E-state index contributed by atoms with van der Waals surface area (Å²) in [5, 5.41) is 0. The second-order valence-corrected chi connectivity index (χ2v) is 14.1. The molecule has 0 aromatic heterocycles. The summed E-state index contributed by atoms with van der Waals surface area (Å²) < 4.78 is 4.36. The summed E-state index contributed by atoms with van der Waals surface area (Å²) in [6.45, 7) is 0. The average molecular weight is 822 g/mol. The lowest BCUT2D eigenvalue weighted by molar-refractivity contribution is 1.68. The molecule has 0 fully saturated rings. The van der Waals surface area contributed by atoms with E-state index in [0.717, 1.165) is 17.9 Å². The SMILES string of the molecule is Brc1c2cccccc-2c(Br)c1-c1cc2cccccc-2c1-c1c2cccccc-2cc1-c1c(Br)c2cccccc-2c1Br. The topological polar surface area (TPSA) is 0 Å². The van der Waals surface area contributed by atoms with Gasteiger partial charge >= 0.3 is 0 Å². The van der Waals surface area contributed by atoms with Gasteiger partial charge in [0.05, 0.1) is 0 Å². The van der Waals surface area contributed by atoms with Gasteiger partial charge in [0.2, 0.25) is 0 Å². The summed E-state index contributed by atoms with van der Waals surface area (Å²) in [5.74, 6) is 0. The standard InChI is InChI=1S/C40H22Br4/c41-37-27-17-9-3-10-18-28(27)38(42)35(37)31-21-23-13-5-1-7-15-25(23)33(31)34-26-16-8-2-6-14-24(26)22-32(34)36-39(43)29-19-11-4-12-20-30(29)40(36)44/h1-22H. The highest BCUT2D eigenvalue weighted by atomic mass is 79.9. The molecule has 0 nitrogen and oxygen atoms in total. The second kappa shape index (κ2) is 11.3. The molecule has 0 spiro atoms. The number of fused-ring (bicyclic) bond motifs is 4. The molecule has 8 rings (SSSR count). The van der Waals surface area contributed by atoms with Crippen molar-refractivity contribution in [3.63, 3.8) is 0 Å². The maximum Gasteiger partial charge on any atom is 0.0344 e. The van der Waals surface area contributed by atoms with Gasteiger partial charge in [-0.25, -0.2) is 0 Å². The van der Waals surface area contributed by atoms with Gasteiger partial charge in [-0.3, -0.25) is 0 Å². The van der Waals surface area contributed by atoms with Crippen LogP contribution in [0, 0.1) is 0 Å². The van der Waals surface area contributed by atoms with E-state index >= 15 is 0 Å². The highest BCUT2D eigenvalue weighted by Gasteiger charge is 2.32. The predicted octanol–water partition coefficient (Wildman–Crippen LogP) is 14.2. The van der Waals surface area contributed by atoms with Crippen molar-refractivity contribution in [3.05, 3.63) is 151 Å². The zero-order valence-corrected chi connectivity index (χ0v) is 29.6. The van der Waals surface area contributed by atoms with Crippen LogP contribution in [0.3, 0.4) is 0 Å². The van der Waals surface area contributed by atoms with E-state index in [1.165, 1.54) is 77.9 Å². The van der Waals surface area contributed by atoms with Crippen LogP contribution in [0.4, 0.5) is 0 Å². The molecule has 0 N–H and O–H groups in total. The summed E-state index contributed by atoms with van der Waals surface area (Å²) in [6, 6.07) is 47.7. The second-order valence-electron chi connectivity index (χ2n) is 10.9. The van der Waals surface area contributed by atoms with Crippen LogP contribution in [-0.2, 0) is 0 Å². The predicted molar refractivity (Wildman–Crippen MR) is 200 cm³/mol. The molecule has 4 heteroatoms. The highest BCUT2D eigenvalue weighted by molar-refractivity contribution is 9.11. The van der Waals surface area contributed by atoms with Crippen molar-refractivity contribution in [1.82, 2.24) is 0 Å². The third-order valence-electron chi connectivity index (χ3n) is 8.51. The van der Waals surface area contributed by atoms with Crippen molar-refractivity contribution in [1.29, 1.82) is 0 Å². The average Bonchev–Trinajstić information content (AvgIpc) is 3.38. The van der Waals surface area contributed by atoms with Crippen molar-refractivity contribution >= 4 is 63.7 Å². The van der Waals surface area contributed by atoms with Crippen molar-refractivity contribution in [2.45, 2.75) is 0 Å². The Hall–Kier alpha value is -3.28. The van der Waals surface area contributed by atoms with Gasteiger partial charge in [0, 0.05) is 29.0 Å². The van der Waals surface area contributed by atoms with Gasteiger partial charge in [0.1, 0.15) is 0 Å². The zero-order valence-electron chi connectivity index (χ0n) is 23.2. The molecule has 0 bridgehead atoms. The molecule has 0 aromatic carbocycles. The molecular formula is C40H22Br4. The lowest BCUT2D eigenvalue weighted by Gasteiger charge is -2.13. The highest BCUT2D eigenvalue weighted by Crippen LogP contribution is 2.59. The van der Waals surface area contributed by atoms with E-state index in [4.69, 9.17) is 0 Å². The molecule has 0 atom stereocenters. The number of rotatable bonds is 3. The minimum absolute atomic E-state index is 1.09. The fraction of sp³-hybridized carbons (Fsp3) is 0. The van der Waals surface area contributed by atoms with Crippen molar-refractivity contribution in [2.75, 3.05) is 0 Å². The third-order valence-corrected chi connectivity index (χ3v) is 11.8. The first kappa shape index (κ1) is 28.2. The first-order valence-corrected chi connectivity index (χ1v) is 17.5. The molecule has 8 aliphatic rings. The van der Waals surface area contributed by atoms with E-state index in [9.17, 15) is 0 Å². The van der Waals surface area contributed by atoms with Crippen LogP contribution >= 0.6 is 63.7 Å². The molecular weight excluding hydrogens is 800 g/mol. The molecule has 8 aliphatic carbocycles. The Balaban J connectivity index is 1.55. The molecule has 0 aliphatic heterocycles. The van der Waals surface area contributed by atoms with Crippen LogP contribution < -0.4 is 0 Å². The van der Waals surface area contributed by atoms with E-state index in [2.05, 4.69) is 197 Å². The van der Waals surface area contributed by atoms with Crippen molar-refractivity contribution < 1.29 is 0 Å². The normalized spacial score (nSPS) is 11.6. The van der Waals surface area contributed by atoms with Crippen molar-refractivity contribution in [2.24, 2.45) is 0 Å². The monoisotopic (exact) mass is 818 g/mol. The van der Waals surface area contributed by atoms with Crippen LogP contribution in [0.2, 0.25) is 0 Å². The maximum atomic E-state index is 4.05. The van der Waals surface area contributed by atoms with Gasteiger partial charge in [0.15, 0.2) is 0 Å². The number of hydrogen-bond donors (Lipinski definition) is 0. The number of halogens is 4. The van der Waals surface area contributed by atoms with Crippen LogP contribution in [-0.4, -0.2) is 0 Å². The molecule has 0 aromatic rings. The van der Waals surface area contributed by atoms with Gasteiger partial charge in [-0.1, -0.05) is 121 Å². The van der Waals surface area contributed by atoms with E-state index in [0.29, 0.717) is 0 Å². The molecule has 0 unspecified atom stereocenters. The minimum Gasteiger partial charge on any atom is -0.0622 e. The van der Waals surface area contributed by atoms with E-state index < -0.39 is 0 Å². The van der Waals surface area contributed by atoms with Crippen LogP contribution in [0.5, 0.6) is 0 Å². The lowest BCUT2D eigenvalue weighted by Crippen LogP contribution is -1.86. The Kier molecular flexibility index (Phi) is 7.22. The largest absolute Gasteiger partial charge is 0.0622 e. The molecule has 0 heterocycles. The van der Waals surface area contributed by atoms with Gasteiger partial charge < -0.3 is 0 Å². The van der Waals surface area contributed by atoms with Crippen LogP contribution in [0.25, 0.3) is 77.9 Å². The van der Waals surface area contributed by atoms with Gasteiger partial charge in [-0.15, -0.1) is 0 Å². The summed E-state index contributed by atoms with van der Waals surface area (Å²) in [7, 11) is 0. The Morgan fingerprint density at radius 2 is 0.523 bits per heavy atom. The smallest absolute Gasteiger partial charge is 0.0344 e. The molecule has 0 saturated heterocycles. The molecule has 0 amide bonds. The Morgan fingerprint density at radius 3 is 0.841 bits per heavy atom. The van der Waals surface area contributed by atoms with Gasteiger partial charge in [-0.05, 0) is 143 Å². The molecule has 0 saturated carbocycles. The van der Waals surface area contributed by atoms with Crippen LogP contribution in [0.15, 0.2) is 151 Å². The first-order chi connectivity index (χ1) is 21.5. The summed E-state index contributed by atoms with van der Waals surface area (Å²) >= 11 is 16.2. The van der Waals surface area contributed by atoms with Crippen LogP contribution in [0.1, 0.15) is 0 Å². The summed E-state index contributed by atoms with van der Waals surface area (Å²) in [4.78, 5) is 0. The fourth-order valence-electron chi connectivity index (χ4n) is 6.57. The van der Waals surface area contributed by atoms with Crippen molar-refractivity contribution in [3.8, 4) is 77.9 Å². The van der Waals surface area contributed by atoms with E-state index in [-0.39, 0.29) is 0 Å². The minimum atomic E-state index is 1.09. The molecule has 0 radical (unpaired) electrons. The van der Waals surface area contributed by atoms with Gasteiger partial charge in [0.25, 0.3) is 0 Å². The summed E-state index contributed by atoms with van der Waals surface area (Å²) in [6.07, 6.45) is 0. The fourth-order valence-corrected chi connectivity index (χ4v) is 10.1. The quantitative estimate of drug-likeness (QED) is 0.167. The molecule has 210 valence electrons. The summed E-state index contributed by atoms with van der Waals surface area (Å²) in [5.41, 5.74) is 16.7. The Bertz CT molecular complexity index is 2000. The Labute approximate surface area is 290 Å². The number of hydrogen-bond acceptors (Lipinski definition) is 0. The van der Waals surface area contributed by atoms with E-state index in [1.54, 1.807) is 0 Å². The Morgan fingerprint density at radius 1 is 0.250 bits per heavy atom. The first-order valence-electron chi connectivity index (χ1n) is 14.3. The third kappa shape index (κ3) is 4.34. The van der Waals surface area contributed by atoms with E-state index in [1.807, 2.05) is 0 Å².